The maximum absolute atomic E-state index is 12.8. The molecule has 8 heteroatoms. The number of carbonyl (C=O) groups is 2. The van der Waals surface area contributed by atoms with Crippen molar-refractivity contribution in [1.82, 2.24) is 30.0 Å². The van der Waals surface area contributed by atoms with Gasteiger partial charge in [-0.2, -0.15) is 5.10 Å². The molecule has 4 rings (SSSR count). The van der Waals surface area contributed by atoms with E-state index in [9.17, 15) is 9.59 Å². The number of hydrogen-bond acceptors (Lipinski definition) is 5. The second kappa shape index (κ2) is 8.08. The van der Waals surface area contributed by atoms with Crippen molar-refractivity contribution >= 4 is 11.8 Å². The number of nitrogens with zero attached hydrogens (tertiary/aromatic N) is 5. The van der Waals surface area contributed by atoms with Gasteiger partial charge in [0.2, 0.25) is 0 Å². The first-order valence-corrected chi connectivity index (χ1v) is 10.0. The van der Waals surface area contributed by atoms with E-state index in [4.69, 9.17) is 0 Å². The third kappa shape index (κ3) is 3.76. The Morgan fingerprint density at radius 2 is 1.86 bits per heavy atom. The lowest BCUT2D eigenvalue weighted by Crippen LogP contribution is -2.40. The van der Waals surface area contributed by atoms with Gasteiger partial charge in [0.1, 0.15) is 11.5 Å². The molecule has 4 heterocycles. The van der Waals surface area contributed by atoms with E-state index in [1.54, 1.807) is 18.5 Å². The number of amides is 2. The first-order chi connectivity index (χ1) is 13.6. The third-order valence-electron chi connectivity index (χ3n) is 5.68. The molecule has 8 nitrogen and oxygen atoms in total. The second-order valence-electron chi connectivity index (χ2n) is 7.64. The zero-order valence-electron chi connectivity index (χ0n) is 16.2. The number of aromatic nitrogens is 4. The SMILES string of the molecule is Cc1nc([C@H]2CCCN(C(=O)c3ccn[nH]3)C2)ncc1C(=O)N1CCCCC1. The van der Waals surface area contributed by atoms with E-state index >= 15 is 0 Å². The molecule has 2 aromatic heterocycles. The maximum atomic E-state index is 12.8. The molecule has 2 aromatic rings. The largest absolute Gasteiger partial charge is 0.339 e. The minimum absolute atomic E-state index is 0.0310. The van der Waals surface area contributed by atoms with Crippen LogP contribution in [0, 0.1) is 6.92 Å². The molecule has 0 saturated carbocycles. The summed E-state index contributed by atoms with van der Waals surface area (Å²) in [4.78, 5) is 38.3. The average Bonchev–Trinajstić information content (AvgIpc) is 3.28. The quantitative estimate of drug-likeness (QED) is 0.878. The topological polar surface area (TPSA) is 95.1 Å². The van der Waals surface area contributed by atoms with Gasteiger partial charge in [0.25, 0.3) is 11.8 Å². The lowest BCUT2D eigenvalue weighted by Gasteiger charge is -2.32. The molecule has 0 unspecified atom stereocenters. The van der Waals surface area contributed by atoms with Crippen LogP contribution < -0.4 is 0 Å². The Labute approximate surface area is 164 Å². The summed E-state index contributed by atoms with van der Waals surface area (Å²) in [5, 5.41) is 6.59. The molecule has 2 fully saturated rings. The third-order valence-corrected chi connectivity index (χ3v) is 5.68. The summed E-state index contributed by atoms with van der Waals surface area (Å²) in [5.41, 5.74) is 1.81. The van der Waals surface area contributed by atoms with E-state index < -0.39 is 0 Å². The minimum Gasteiger partial charge on any atom is -0.339 e. The molecular formula is C20H26N6O2. The Morgan fingerprint density at radius 1 is 1.07 bits per heavy atom. The Balaban J connectivity index is 1.47. The summed E-state index contributed by atoms with van der Waals surface area (Å²) in [5.74, 6) is 0.785. The number of piperidine rings is 2. The van der Waals surface area contributed by atoms with Crippen molar-refractivity contribution < 1.29 is 9.59 Å². The monoisotopic (exact) mass is 382 g/mol. The van der Waals surface area contributed by atoms with Crippen molar-refractivity contribution in [3.8, 4) is 0 Å². The molecule has 148 valence electrons. The Kier molecular flexibility index (Phi) is 5.36. The van der Waals surface area contributed by atoms with E-state index in [0.717, 1.165) is 56.8 Å². The number of H-pyrrole nitrogens is 1. The smallest absolute Gasteiger partial charge is 0.271 e. The van der Waals surface area contributed by atoms with Crippen LogP contribution in [-0.4, -0.2) is 68.0 Å². The van der Waals surface area contributed by atoms with Crippen LogP contribution in [-0.2, 0) is 0 Å². The van der Waals surface area contributed by atoms with Crippen LogP contribution in [0.3, 0.4) is 0 Å². The summed E-state index contributed by atoms with van der Waals surface area (Å²) < 4.78 is 0. The van der Waals surface area contributed by atoms with Gasteiger partial charge in [-0.25, -0.2) is 9.97 Å². The molecule has 1 atom stereocenters. The van der Waals surface area contributed by atoms with Gasteiger partial charge in [0, 0.05) is 44.5 Å². The molecule has 2 aliphatic rings. The highest BCUT2D eigenvalue weighted by atomic mass is 16.2. The van der Waals surface area contributed by atoms with Crippen molar-refractivity contribution in [3.05, 3.63) is 41.2 Å². The van der Waals surface area contributed by atoms with Gasteiger partial charge in [-0.3, -0.25) is 14.7 Å². The van der Waals surface area contributed by atoms with Crippen molar-refractivity contribution in [2.75, 3.05) is 26.2 Å². The molecule has 0 aromatic carbocycles. The number of nitrogens with one attached hydrogen (secondary N) is 1. The Hall–Kier alpha value is -2.77. The summed E-state index contributed by atoms with van der Waals surface area (Å²) in [6, 6.07) is 1.69. The zero-order chi connectivity index (χ0) is 19.5. The van der Waals surface area contributed by atoms with Gasteiger partial charge in [-0.05, 0) is 45.1 Å². The standard InChI is InChI=1S/C20H26N6O2/c1-14-16(19(27)25-9-3-2-4-10-25)12-21-18(23-14)15-6-5-11-26(13-15)20(28)17-7-8-22-24-17/h7-8,12,15H,2-6,9-11,13H2,1H3,(H,22,24)/t15-/m0/s1. The highest BCUT2D eigenvalue weighted by molar-refractivity contribution is 5.95. The highest BCUT2D eigenvalue weighted by Gasteiger charge is 2.29. The fourth-order valence-electron chi connectivity index (χ4n) is 4.08. The van der Waals surface area contributed by atoms with Crippen LogP contribution in [0.5, 0.6) is 0 Å². The van der Waals surface area contributed by atoms with Gasteiger partial charge >= 0.3 is 0 Å². The van der Waals surface area contributed by atoms with Gasteiger partial charge < -0.3 is 9.80 Å². The maximum Gasteiger partial charge on any atom is 0.271 e. The van der Waals surface area contributed by atoms with Crippen LogP contribution in [0.25, 0.3) is 0 Å². The molecule has 1 N–H and O–H groups in total. The predicted octanol–water partition coefficient (Wildman–Crippen LogP) is 2.15. The lowest BCUT2D eigenvalue weighted by atomic mass is 9.96. The number of hydrogen-bond donors (Lipinski definition) is 1. The summed E-state index contributed by atoms with van der Waals surface area (Å²) in [6.45, 7) is 4.80. The molecule has 0 aliphatic carbocycles. The van der Waals surface area contributed by atoms with E-state index in [1.165, 1.54) is 6.42 Å². The van der Waals surface area contributed by atoms with Crippen LogP contribution in [0.4, 0.5) is 0 Å². The molecule has 2 saturated heterocycles. The van der Waals surface area contributed by atoms with Crippen LogP contribution in [0.2, 0.25) is 0 Å². The molecule has 28 heavy (non-hydrogen) atoms. The number of aryl methyl sites for hydroxylation is 1. The number of carbonyl (C=O) groups excluding carboxylic acids is 2. The summed E-state index contributed by atoms with van der Waals surface area (Å²) >= 11 is 0. The van der Waals surface area contributed by atoms with Crippen molar-refractivity contribution in [1.29, 1.82) is 0 Å². The van der Waals surface area contributed by atoms with Gasteiger partial charge in [-0.15, -0.1) is 0 Å². The van der Waals surface area contributed by atoms with Gasteiger partial charge in [-0.1, -0.05) is 0 Å². The molecular weight excluding hydrogens is 356 g/mol. The van der Waals surface area contributed by atoms with Crippen molar-refractivity contribution in [2.45, 2.75) is 44.9 Å². The van der Waals surface area contributed by atoms with Gasteiger partial charge in [0.15, 0.2) is 0 Å². The van der Waals surface area contributed by atoms with Crippen molar-refractivity contribution in [3.63, 3.8) is 0 Å². The van der Waals surface area contributed by atoms with E-state index in [1.807, 2.05) is 16.7 Å². The van der Waals surface area contributed by atoms with E-state index in [0.29, 0.717) is 17.8 Å². The molecule has 2 aliphatic heterocycles. The summed E-state index contributed by atoms with van der Waals surface area (Å²) in [6.07, 6.45) is 8.40. The average molecular weight is 382 g/mol. The fourth-order valence-corrected chi connectivity index (χ4v) is 4.08. The van der Waals surface area contributed by atoms with E-state index in [-0.39, 0.29) is 17.7 Å². The van der Waals surface area contributed by atoms with Crippen LogP contribution >= 0.6 is 0 Å². The number of rotatable bonds is 3. The Morgan fingerprint density at radius 3 is 2.57 bits per heavy atom. The number of aromatic amines is 1. The Bertz CT molecular complexity index is 844. The molecule has 2 amide bonds. The van der Waals surface area contributed by atoms with Gasteiger partial charge in [0.05, 0.1) is 11.3 Å². The van der Waals surface area contributed by atoms with Crippen LogP contribution in [0.15, 0.2) is 18.5 Å². The normalized spacial score (nSPS) is 20.2. The molecule has 0 radical (unpaired) electrons. The lowest BCUT2D eigenvalue weighted by molar-refractivity contribution is 0.0698. The van der Waals surface area contributed by atoms with Crippen molar-refractivity contribution in [2.24, 2.45) is 0 Å². The number of likely N-dealkylation sites (tertiary alicyclic amines) is 2. The minimum atomic E-state index is -0.0455. The first kappa shape index (κ1) is 18.6. The predicted molar refractivity (Wildman–Crippen MR) is 103 cm³/mol. The molecule has 0 bridgehead atoms. The van der Waals surface area contributed by atoms with Crippen LogP contribution in [0.1, 0.15) is 70.4 Å². The fraction of sp³-hybridized carbons (Fsp3) is 0.550. The van der Waals surface area contributed by atoms with E-state index in [2.05, 4.69) is 20.2 Å². The second-order valence-corrected chi connectivity index (χ2v) is 7.64. The summed E-state index contributed by atoms with van der Waals surface area (Å²) in [7, 11) is 0. The molecule has 0 spiro atoms. The highest BCUT2D eigenvalue weighted by Crippen LogP contribution is 2.26. The zero-order valence-corrected chi connectivity index (χ0v) is 16.2. The first-order valence-electron chi connectivity index (χ1n) is 10.0.